The number of hydrogen-bond acceptors (Lipinski definition) is 7. The summed E-state index contributed by atoms with van der Waals surface area (Å²) in [4.78, 5) is 27.4. The fourth-order valence-electron chi connectivity index (χ4n) is 4.78. The van der Waals surface area contributed by atoms with Gasteiger partial charge in [-0.05, 0) is 61.0 Å². The molecule has 0 saturated carbocycles. The zero-order chi connectivity index (χ0) is 26.8. The largest absolute Gasteiger partial charge is 0.394 e. The Morgan fingerprint density at radius 1 is 1.26 bits per heavy atom. The Balaban J connectivity index is 1.42. The van der Waals surface area contributed by atoms with Crippen molar-refractivity contribution in [3.63, 3.8) is 0 Å². The zero-order valence-electron chi connectivity index (χ0n) is 21.7. The molecule has 4 N–H and O–H groups in total. The fraction of sp³-hybridized carbons (Fsp3) is 0.370. The van der Waals surface area contributed by atoms with E-state index in [1.807, 2.05) is 38.1 Å². The summed E-state index contributed by atoms with van der Waals surface area (Å²) in [7, 11) is 0. The molecular formula is C27H32BrN7O3. The summed E-state index contributed by atoms with van der Waals surface area (Å²) in [6.07, 6.45) is 1.71. The quantitative estimate of drug-likeness (QED) is 0.249. The van der Waals surface area contributed by atoms with Crippen LogP contribution in [0.1, 0.15) is 18.3 Å². The fourth-order valence-corrected chi connectivity index (χ4v) is 5.19. The van der Waals surface area contributed by atoms with Gasteiger partial charge in [0.2, 0.25) is 5.91 Å². The molecule has 3 aromatic heterocycles. The number of fused-ring (bicyclic) bond motifs is 1. The maximum absolute atomic E-state index is 12.6. The van der Waals surface area contributed by atoms with Crippen LogP contribution in [0.4, 0.5) is 11.4 Å². The Labute approximate surface area is 229 Å². The van der Waals surface area contributed by atoms with Gasteiger partial charge in [-0.2, -0.15) is 0 Å². The van der Waals surface area contributed by atoms with Gasteiger partial charge in [0.05, 0.1) is 36.5 Å². The number of carbonyl (C=O) groups excluding carboxylic acids is 1. The molecule has 0 unspecified atom stereocenters. The number of carbonyl (C=O) groups is 1. The average molecular weight is 583 g/mol. The number of nitrogens with zero attached hydrogens (tertiary/aromatic N) is 4. The first-order valence-corrected chi connectivity index (χ1v) is 13.4. The predicted molar refractivity (Wildman–Crippen MR) is 152 cm³/mol. The summed E-state index contributed by atoms with van der Waals surface area (Å²) in [5, 5.41) is 15.9. The van der Waals surface area contributed by atoms with E-state index in [1.165, 1.54) is 0 Å². The highest BCUT2D eigenvalue weighted by Crippen LogP contribution is 2.34. The number of amides is 1. The number of ether oxygens (including phenoxy) is 1. The van der Waals surface area contributed by atoms with Gasteiger partial charge in [-0.25, -0.2) is 9.97 Å². The van der Waals surface area contributed by atoms with Crippen LogP contribution >= 0.6 is 15.9 Å². The van der Waals surface area contributed by atoms with Crippen molar-refractivity contribution in [3.05, 3.63) is 52.4 Å². The molecule has 1 amide bonds. The number of aromatic nitrogens is 4. The number of hydrogen-bond donors (Lipinski definition) is 4. The molecule has 1 fully saturated rings. The third-order valence-electron chi connectivity index (χ3n) is 6.68. The molecule has 1 aliphatic heterocycles. The SMILES string of the molecule is Cc1cc(-c2nc3ncc(Br)c(N[C@H](C)CO)c3[nH]2)c(C)n1-c1cccc(NC(=O)CN2CCOCC2)c1. The standard InChI is InChI=1S/C27H32BrN7O3/c1-16(15-36)30-24-22(28)13-29-27-25(24)32-26(33-27)21-11-17(2)35(18(21)3)20-6-4-5-19(12-20)31-23(37)14-34-7-9-38-10-8-34/h4-6,11-13,16,36H,7-10,14-15H2,1-3H3,(H,31,37)(H2,29,30,32,33)/t16-/m1/s1. The summed E-state index contributed by atoms with van der Waals surface area (Å²) in [6.45, 7) is 9.22. The van der Waals surface area contributed by atoms with Gasteiger partial charge < -0.3 is 30.0 Å². The van der Waals surface area contributed by atoms with Crippen molar-refractivity contribution < 1.29 is 14.6 Å². The number of aromatic amines is 1. The number of anilines is 2. The van der Waals surface area contributed by atoms with Crippen molar-refractivity contribution in [1.82, 2.24) is 24.4 Å². The van der Waals surface area contributed by atoms with Gasteiger partial charge in [-0.3, -0.25) is 9.69 Å². The number of pyridine rings is 1. The molecule has 4 aromatic rings. The van der Waals surface area contributed by atoms with E-state index in [0.29, 0.717) is 31.2 Å². The normalized spacial score (nSPS) is 15.1. The number of halogens is 1. The van der Waals surface area contributed by atoms with Crippen LogP contribution in [-0.2, 0) is 9.53 Å². The molecule has 11 heteroatoms. The van der Waals surface area contributed by atoms with Crippen LogP contribution in [0, 0.1) is 13.8 Å². The lowest BCUT2D eigenvalue weighted by Crippen LogP contribution is -2.41. The highest BCUT2D eigenvalue weighted by molar-refractivity contribution is 9.10. The number of H-pyrrole nitrogens is 1. The average Bonchev–Trinajstić information content (AvgIpc) is 3.46. The van der Waals surface area contributed by atoms with Crippen molar-refractivity contribution >= 4 is 44.4 Å². The minimum atomic E-state index is -0.129. The molecule has 10 nitrogen and oxygen atoms in total. The van der Waals surface area contributed by atoms with Crippen molar-refractivity contribution in [3.8, 4) is 17.1 Å². The number of aliphatic hydroxyl groups excluding tert-OH is 1. The van der Waals surface area contributed by atoms with Gasteiger partial charge in [-0.15, -0.1) is 0 Å². The minimum absolute atomic E-state index is 0.00510. The Kier molecular flexibility index (Phi) is 7.80. The maximum Gasteiger partial charge on any atom is 0.238 e. The van der Waals surface area contributed by atoms with Crippen LogP contribution in [0.5, 0.6) is 0 Å². The molecule has 5 rings (SSSR count). The second-order valence-corrected chi connectivity index (χ2v) is 10.5. The van der Waals surface area contributed by atoms with E-state index < -0.39 is 0 Å². The second kappa shape index (κ2) is 11.2. The zero-order valence-corrected chi connectivity index (χ0v) is 23.3. The molecule has 0 aliphatic carbocycles. The van der Waals surface area contributed by atoms with Gasteiger partial charge >= 0.3 is 0 Å². The minimum Gasteiger partial charge on any atom is -0.394 e. The van der Waals surface area contributed by atoms with E-state index in [9.17, 15) is 9.90 Å². The Hall–Kier alpha value is -3.25. The van der Waals surface area contributed by atoms with Gasteiger partial charge in [-0.1, -0.05) is 6.07 Å². The Morgan fingerprint density at radius 3 is 2.82 bits per heavy atom. The lowest BCUT2D eigenvalue weighted by molar-refractivity contribution is -0.118. The van der Waals surface area contributed by atoms with E-state index in [0.717, 1.165) is 57.1 Å². The summed E-state index contributed by atoms with van der Waals surface area (Å²) < 4.78 is 8.31. The van der Waals surface area contributed by atoms with Crippen molar-refractivity contribution in [1.29, 1.82) is 0 Å². The van der Waals surface area contributed by atoms with Crippen molar-refractivity contribution in [2.24, 2.45) is 0 Å². The highest BCUT2D eigenvalue weighted by atomic mass is 79.9. The molecule has 1 aromatic carbocycles. The Bertz CT molecular complexity index is 1460. The van der Waals surface area contributed by atoms with Crippen LogP contribution < -0.4 is 10.6 Å². The topological polar surface area (TPSA) is 120 Å². The molecule has 0 bridgehead atoms. The van der Waals surface area contributed by atoms with Gasteiger partial charge in [0.1, 0.15) is 11.3 Å². The van der Waals surface area contributed by atoms with Gasteiger partial charge in [0.25, 0.3) is 0 Å². The first-order valence-electron chi connectivity index (χ1n) is 12.7. The van der Waals surface area contributed by atoms with E-state index >= 15 is 0 Å². The van der Waals surface area contributed by atoms with Gasteiger partial charge in [0.15, 0.2) is 5.65 Å². The Morgan fingerprint density at radius 2 is 2.05 bits per heavy atom. The molecule has 1 aliphatic rings. The summed E-state index contributed by atoms with van der Waals surface area (Å²) >= 11 is 3.56. The van der Waals surface area contributed by atoms with Crippen LogP contribution in [-0.4, -0.2) is 80.9 Å². The molecule has 0 radical (unpaired) electrons. The second-order valence-electron chi connectivity index (χ2n) is 9.60. The lowest BCUT2D eigenvalue weighted by Gasteiger charge is -2.25. The molecular weight excluding hydrogens is 550 g/mol. The number of benzene rings is 1. The summed E-state index contributed by atoms with van der Waals surface area (Å²) in [6, 6.07) is 9.82. The first kappa shape index (κ1) is 26.4. The van der Waals surface area contributed by atoms with Crippen LogP contribution in [0.2, 0.25) is 0 Å². The van der Waals surface area contributed by atoms with Gasteiger partial charge in [0, 0.05) is 53.7 Å². The number of aliphatic hydroxyl groups is 1. The number of rotatable bonds is 8. The molecule has 200 valence electrons. The molecule has 1 atom stereocenters. The number of imidazole rings is 1. The lowest BCUT2D eigenvalue weighted by atomic mass is 10.2. The molecule has 4 heterocycles. The third-order valence-corrected chi connectivity index (χ3v) is 7.28. The summed E-state index contributed by atoms with van der Waals surface area (Å²) in [5.41, 5.74) is 6.87. The molecule has 0 spiro atoms. The van der Waals surface area contributed by atoms with E-state index in [2.05, 4.69) is 59.0 Å². The number of morpholine rings is 1. The number of nitrogens with one attached hydrogen (secondary N) is 3. The van der Waals surface area contributed by atoms with Crippen molar-refractivity contribution in [2.45, 2.75) is 26.8 Å². The van der Waals surface area contributed by atoms with Crippen LogP contribution in [0.15, 0.2) is 41.0 Å². The first-order chi connectivity index (χ1) is 18.3. The van der Waals surface area contributed by atoms with E-state index in [4.69, 9.17) is 9.72 Å². The van der Waals surface area contributed by atoms with E-state index in [1.54, 1.807) is 6.20 Å². The molecule has 38 heavy (non-hydrogen) atoms. The summed E-state index contributed by atoms with van der Waals surface area (Å²) in [5.74, 6) is 0.672. The smallest absolute Gasteiger partial charge is 0.238 e. The number of aryl methyl sites for hydroxylation is 1. The van der Waals surface area contributed by atoms with Crippen molar-refractivity contribution in [2.75, 3.05) is 50.1 Å². The monoisotopic (exact) mass is 581 g/mol. The van der Waals surface area contributed by atoms with Crippen LogP contribution in [0.3, 0.4) is 0 Å². The van der Waals surface area contributed by atoms with Crippen LogP contribution in [0.25, 0.3) is 28.2 Å². The van der Waals surface area contributed by atoms with E-state index in [-0.39, 0.29) is 18.6 Å². The predicted octanol–water partition coefficient (Wildman–Crippen LogP) is 3.86. The third kappa shape index (κ3) is 5.46. The maximum atomic E-state index is 12.6. The molecule has 1 saturated heterocycles. The highest BCUT2D eigenvalue weighted by Gasteiger charge is 2.19.